The second kappa shape index (κ2) is 6.67. The Morgan fingerprint density at radius 2 is 1.96 bits per heavy atom. The lowest BCUT2D eigenvalue weighted by Gasteiger charge is -2.15. The molecule has 124 valence electrons. The number of hydrogen-bond donors (Lipinski definition) is 2. The molecule has 0 aliphatic heterocycles. The SMILES string of the molecule is Cc1cc(I)ccc1Nc1c(-c2c[nH]oc2=O)cc(Br)c(F)c1F. The van der Waals surface area contributed by atoms with Crippen LogP contribution in [0.5, 0.6) is 0 Å². The Kier molecular flexibility index (Phi) is 4.77. The van der Waals surface area contributed by atoms with E-state index in [1.807, 2.05) is 19.1 Å². The number of anilines is 2. The van der Waals surface area contributed by atoms with Gasteiger partial charge in [0.15, 0.2) is 11.6 Å². The molecule has 0 amide bonds. The highest BCUT2D eigenvalue weighted by atomic mass is 127. The van der Waals surface area contributed by atoms with Gasteiger partial charge in [0, 0.05) is 14.8 Å². The van der Waals surface area contributed by atoms with Crippen LogP contribution in [0.1, 0.15) is 5.56 Å². The highest BCUT2D eigenvalue weighted by Gasteiger charge is 2.21. The molecule has 0 aliphatic carbocycles. The molecule has 8 heteroatoms. The van der Waals surface area contributed by atoms with Gasteiger partial charge < -0.3 is 9.84 Å². The summed E-state index contributed by atoms with van der Waals surface area (Å²) < 4.78 is 34.1. The predicted molar refractivity (Wildman–Crippen MR) is 99.6 cm³/mol. The average Bonchev–Trinajstić information content (AvgIpc) is 2.95. The minimum atomic E-state index is -1.09. The predicted octanol–water partition coefficient (Wildman–Crippen LogP) is 5.33. The van der Waals surface area contributed by atoms with Gasteiger partial charge in [-0.05, 0) is 75.3 Å². The lowest BCUT2D eigenvalue weighted by Crippen LogP contribution is -2.05. The van der Waals surface area contributed by atoms with Crippen molar-refractivity contribution >= 4 is 49.9 Å². The summed E-state index contributed by atoms with van der Waals surface area (Å²) in [7, 11) is 0. The quantitative estimate of drug-likeness (QED) is 0.373. The van der Waals surface area contributed by atoms with Crippen LogP contribution in [0.15, 0.2) is 44.3 Å². The van der Waals surface area contributed by atoms with Crippen LogP contribution in [0.2, 0.25) is 0 Å². The normalized spacial score (nSPS) is 10.9. The van der Waals surface area contributed by atoms with Gasteiger partial charge in [-0.1, -0.05) is 0 Å². The van der Waals surface area contributed by atoms with Crippen molar-refractivity contribution in [2.75, 3.05) is 5.32 Å². The third kappa shape index (κ3) is 3.12. The lowest BCUT2D eigenvalue weighted by molar-refractivity contribution is 0.392. The Bertz CT molecular complexity index is 985. The molecule has 0 radical (unpaired) electrons. The minimum Gasteiger partial charge on any atom is -0.352 e. The van der Waals surface area contributed by atoms with Crippen molar-refractivity contribution in [3.63, 3.8) is 0 Å². The summed E-state index contributed by atoms with van der Waals surface area (Å²) in [5.41, 5.74) is 0.949. The first-order chi connectivity index (χ1) is 11.4. The summed E-state index contributed by atoms with van der Waals surface area (Å²) in [6.07, 6.45) is 1.30. The highest BCUT2D eigenvalue weighted by molar-refractivity contribution is 14.1. The third-order valence-electron chi connectivity index (χ3n) is 3.48. The second-order valence-corrected chi connectivity index (χ2v) is 7.16. The second-order valence-electron chi connectivity index (χ2n) is 5.06. The molecule has 0 spiro atoms. The van der Waals surface area contributed by atoms with E-state index in [9.17, 15) is 13.6 Å². The van der Waals surface area contributed by atoms with Crippen molar-refractivity contribution in [1.29, 1.82) is 0 Å². The molecule has 3 rings (SSSR count). The number of H-pyrrole nitrogens is 1. The number of halogens is 4. The van der Waals surface area contributed by atoms with Gasteiger partial charge >= 0.3 is 5.63 Å². The van der Waals surface area contributed by atoms with E-state index in [0.717, 1.165) is 9.13 Å². The van der Waals surface area contributed by atoms with Crippen LogP contribution in [0, 0.1) is 22.1 Å². The number of hydrogen-bond acceptors (Lipinski definition) is 3. The molecule has 0 bridgehead atoms. The molecule has 0 unspecified atom stereocenters. The van der Waals surface area contributed by atoms with Gasteiger partial charge in [-0.2, -0.15) is 0 Å². The zero-order valence-electron chi connectivity index (χ0n) is 12.2. The highest BCUT2D eigenvalue weighted by Crippen LogP contribution is 2.37. The first-order valence-corrected chi connectivity index (χ1v) is 8.63. The van der Waals surface area contributed by atoms with E-state index in [1.165, 1.54) is 12.3 Å². The van der Waals surface area contributed by atoms with E-state index < -0.39 is 17.3 Å². The summed E-state index contributed by atoms with van der Waals surface area (Å²) in [4.78, 5) is 11.8. The summed E-state index contributed by atoms with van der Waals surface area (Å²) in [6, 6.07) is 6.84. The molecule has 1 heterocycles. The molecule has 0 saturated heterocycles. The van der Waals surface area contributed by atoms with E-state index in [-0.39, 0.29) is 21.3 Å². The smallest absolute Gasteiger partial charge is 0.352 e. The van der Waals surface area contributed by atoms with Gasteiger partial charge in [0.1, 0.15) is 0 Å². The number of aryl methyl sites for hydroxylation is 1. The first-order valence-electron chi connectivity index (χ1n) is 6.76. The number of aromatic amines is 1. The van der Waals surface area contributed by atoms with Crippen LogP contribution in [-0.2, 0) is 0 Å². The van der Waals surface area contributed by atoms with Crippen molar-refractivity contribution in [3.05, 3.63) is 66.1 Å². The lowest BCUT2D eigenvalue weighted by atomic mass is 10.1. The Balaban J connectivity index is 2.21. The molecule has 0 fully saturated rings. The molecule has 3 aromatic rings. The summed E-state index contributed by atoms with van der Waals surface area (Å²) in [6.45, 7) is 1.85. The van der Waals surface area contributed by atoms with Gasteiger partial charge in [-0.25, -0.2) is 18.7 Å². The first kappa shape index (κ1) is 17.2. The Morgan fingerprint density at radius 3 is 2.58 bits per heavy atom. The molecular weight excluding hydrogens is 497 g/mol. The zero-order valence-corrected chi connectivity index (χ0v) is 16.0. The van der Waals surface area contributed by atoms with E-state index in [2.05, 4.69) is 53.5 Å². The monoisotopic (exact) mass is 506 g/mol. The van der Waals surface area contributed by atoms with E-state index in [0.29, 0.717) is 5.69 Å². The maximum atomic E-state index is 14.5. The van der Waals surface area contributed by atoms with Crippen molar-refractivity contribution < 1.29 is 13.3 Å². The number of rotatable bonds is 3. The number of benzene rings is 2. The fourth-order valence-corrected chi connectivity index (χ4v) is 3.33. The van der Waals surface area contributed by atoms with Crippen LogP contribution in [0.25, 0.3) is 11.1 Å². The summed E-state index contributed by atoms with van der Waals surface area (Å²) in [5.74, 6) is -2.12. The van der Waals surface area contributed by atoms with Gasteiger partial charge in [-0.3, -0.25) is 0 Å². The molecule has 0 aliphatic rings. The molecule has 0 atom stereocenters. The average molecular weight is 507 g/mol. The molecule has 2 aromatic carbocycles. The molecule has 2 N–H and O–H groups in total. The zero-order chi connectivity index (χ0) is 17.4. The summed E-state index contributed by atoms with van der Waals surface area (Å²) in [5, 5.41) is 5.20. The Hall–Kier alpha value is -1.68. The molecule has 4 nitrogen and oxygen atoms in total. The summed E-state index contributed by atoms with van der Waals surface area (Å²) >= 11 is 5.13. The van der Waals surface area contributed by atoms with Crippen LogP contribution >= 0.6 is 38.5 Å². The Labute approximate surface area is 157 Å². The fraction of sp³-hybridized carbons (Fsp3) is 0.0625. The Morgan fingerprint density at radius 1 is 1.21 bits per heavy atom. The topological polar surface area (TPSA) is 58.0 Å². The van der Waals surface area contributed by atoms with Crippen LogP contribution in [0.3, 0.4) is 0 Å². The maximum absolute atomic E-state index is 14.5. The van der Waals surface area contributed by atoms with Crippen LogP contribution in [0.4, 0.5) is 20.2 Å². The number of nitrogens with one attached hydrogen (secondary N) is 2. The maximum Gasteiger partial charge on any atom is 0.365 e. The standard InChI is InChI=1S/C16H10BrF2IN2O2/c1-7-4-8(20)2-3-12(7)22-15-9(10-6-21-24-16(10)23)5-11(17)13(18)14(15)19/h2-6,21-22H,1H3. The molecule has 0 saturated carbocycles. The largest absolute Gasteiger partial charge is 0.365 e. The van der Waals surface area contributed by atoms with Crippen molar-refractivity contribution in [2.24, 2.45) is 0 Å². The van der Waals surface area contributed by atoms with Gasteiger partial charge in [0.25, 0.3) is 0 Å². The van der Waals surface area contributed by atoms with Gasteiger partial charge in [-0.15, -0.1) is 0 Å². The van der Waals surface area contributed by atoms with Gasteiger partial charge in [0.2, 0.25) is 0 Å². The molecular formula is C16H10BrF2IN2O2. The van der Waals surface area contributed by atoms with E-state index in [4.69, 9.17) is 0 Å². The van der Waals surface area contributed by atoms with Crippen LogP contribution in [-0.4, -0.2) is 5.16 Å². The molecule has 1 aromatic heterocycles. The van der Waals surface area contributed by atoms with Crippen molar-refractivity contribution in [1.82, 2.24) is 5.16 Å². The third-order valence-corrected chi connectivity index (χ3v) is 4.72. The number of aromatic nitrogens is 1. The van der Waals surface area contributed by atoms with Crippen molar-refractivity contribution in [3.8, 4) is 11.1 Å². The van der Waals surface area contributed by atoms with E-state index in [1.54, 1.807) is 6.07 Å². The molecule has 24 heavy (non-hydrogen) atoms. The fourth-order valence-electron chi connectivity index (χ4n) is 2.28. The van der Waals surface area contributed by atoms with Crippen molar-refractivity contribution in [2.45, 2.75) is 6.92 Å². The van der Waals surface area contributed by atoms with E-state index >= 15 is 0 Å². The van der Waals surface area contributed by atoms with Gasteiger partial charge in [0.05, 0.1) is 21.9 Å². The van der Waals surface area contributed by atoms with Crippen LogP contribution < -0.4 is 10.9 Å². The minimum absolute atomic E-state index is 0.0829.